The first-order chi connectivity index (χ1) is 8.99. The normalized spacial score (nSPS) is 10.4. The van der Waals surface area contributed by atoms with Gasteiger partial charge in [-0.3, -0.25) is 0 Å². The first-order valence-corrected chi connectivity index (χ1v) is 6.14. The van der Waals surface area contributed by atoms with Crippen molar-refractivity contribution in [2.75, 3.05) is 0 Å². The molecule has 5 nitrogen and oxygen atoms in total. The molecule has 0 aliphatic rings. The number of carbonyl (C=O) groups is 1. The fraction of sp³-hybridized carbons (Fsp3) is 0.0769. The van der Waals surface area contributed by atoms with E-state index in [1.54, 1.807) is 25.1 Å². The molecule has 0 aliphatic heterocycles. The number of carboxylic acid groups (broad SMARTS) is 1. The van der Waals surface area contributed by atoms with Crippen molar-refractivity contribution in [1.82, 2.24) is 0 Å². The molecule has 0 amide bonds. The minimum Gasteiger partial charge on any atom is -0.506 e. The van der Waals surface area contributed by atoms with E-state index in [9.17, 15) is 14.7 Å². The van der Waals surface area contributed by atoms with Crippen molar-refractivity contribution in [2.24, 2.45) is 0 Å². The standard InChI is InChI=1S/C13H10O5S/c1-7-6-9(14)11(13(17)18-7)19-10-5-3-2-4-8(10)12(15)16/h2-6,14H,1H3,(H,15,16). The third-order valence-corrected chi connectivity index (χ3v) is 3.50. The molecule has 1 aromatic heterocycles. The number of aromatic carboxylic acids is 1. The number of benzene rings is 1. The summed E-state index contributed by atoms with van der Waals surface area (Å²) < 4.78 is 4.88. The molecular formula is C13H10O5S. The number of aromatic hydroxyl groups is 1. The Morgan fingerprint density at radius 3 is 2.63 bits per heavy atom. The van der Waals surface area contributed by atoms with Crippen LogP contribution >= 0.6 is 11.8 Å². The van der Waals surface area contributed by atoms with Crippen molar-refractivity contribution in [2.45, 2.75) is 16.7 Å². The molecule has 2 rings (SSSR count). The Morgan fingerprint density at radius 2 is 2.00 bits per heavy atom. The summed E-state index contributed by atoms with van der Waals surface area (Å²) in [5.41, 5.74) is -0.630. The third kappa shape index (κ3) is 2.79. The molecule has 0 aliphatic carbocycles. The number of aryl methyl sites for hydroxylation is 1. The monoisotopic (exact) mass is 278 g/mol. The van der Waals surface area contributed by atoms with Crippen LogP contribution in [0.2, 0.25) is 0 Å². The van der Waals surface area contributed by atoms with Gasteiger partial charge in [-0.05, 0) is 19.1 Å². The lowest BCUT2D eigenvalue weighted by Crippen LogP contribution is -2.04. The Morgan fingerprint density at radius 1 is 1.32 bits per heavy atom. The van der Waals surface area contributed by atoms with E-state index in [4.69, 9.17) is 9.52 Å². The van der Waals surface area contributed by atoms with E-state index >= 15 is 0 Å². The molecule has 0 spiro atoms. The van der Waals surface area contributed by atoms with Crippen molar-refractivity contribution in [3.63, 3.8) is 0 Å². The number of hydrogen-bond acceptors (Lipinski definition) is 5. The van der Waals surface area contributed by atoms with E-state index in [1.165, 1.54) is 12.1 Å². The lowest BCUT2D eigenvalue weighted by atomic mass is 10.2. The molecule has 98 valence electrons. The van der Waals surface area contributed by atoms with Gasteiger partial charge in [0, 0.05) is 11.0 Å². The van der Waals surface area contributed by atoms with Crippen molar-refractivity contribution >= 4 is 17.7 Å². The molecule has 0 bridgehead atoms. The van der Waals surface area contributed by atoms with Gasteiger partial charge in [0.25, 0.3) is 0 Å². The number of rotatable bonds is 3. The van der Waals surface area contributed by atoms with Gasteiger partial charge in [0.15, 0.2) is 0 Å². The zero-order valence-corrected chi connectivity index (χ0v) is 10.7. The Bertz CT molecular complexity index is 690. The van der Waals surface area contributed by atoms with Gasteiger partial charge in [0.2, 0.25) is 0 Å². The van der Waals surface area contributed by atoms with Crippen LogP contribution in [0, 0.1) is 6.92 Å². The molecule has 6 heteroatoms. The molecule has 0 atom stereocenters. The van der Waals surface area contributed by atoms with Gasteiger partial charge < -0.3 is 14.6 Å². The fourth-order valence-corrected chi connectivity index (χ4v) is 2.44. The van der Waals surface area contributed by atoms with Gasteiger partial charge in [-0.15, -0.1) is 0 Å². The second kappa shape index (κ2) is 5.19. The third-order valence-electron chi connectivity index (χ3n) is 2.34. The Labute approximate surface area is 112 Å². The first-order valence-electron chi connectivity index (χ1n) is 5.33. The van der Waals surface area contributed by atoms with Crippen LogP contribution in [-0.4, -0.2) is 16.2 Å². The summed E-state index contributed by atoms with van der Waals surface area (Å²) in [5, 5.41) is 18.8. The second-order valence-electron chi connectivity index (χ2n) is 3.76. The molecule has 0 unspecified atom stereocenters. The highest BCUT2D eigenvalue weighted by Crippen LogP contribution is 2.33. The van der Waals surface area contributed by atoms with Gasteiger partial charge in [-0.1, -0.05) is 23.9 Å². The maximum absolute atomic E-state index is 11.7. The van der Waals surface area contributed by atoms with Gasteiger partial charge in [-0.25, -0.2) is 9.59 Å². The maximum atomic E-state index is 11.7. The van der Waals surface area contributed by atoms with Crippen LogP contribution in [0.25, 0.3) is 0 Å². The molecular weight excluding hydrogens is 268 g/mol. The molecule has 0 radical (unpaired) electrons. The zero-order valence-electron chi connectivity index (χ0n) is 9.91. The predicted molar refractivity (Wildman–Crippen MR) is 68.9 cm³/mol. The van der Waals surface area contributed by atoms with Crippen molar-refractivity contribution in [3.05, 3.63) is 52.1 Å². The molecule has 1 heterocycles. The molecule has 1 aromatic carbocycles. The zero-order chi connectivity index (χ0) is 14.0. The van der Waals surface area contributed by atoms with Crippen LogP contribution in [0.15, 0.2) is 49.3 Å². The SMILES string of the molecule is Cc1cc(O)c(Sc2ccccc2C(=O)O)c(=O)o1. The van der Waals surface area contributed by atoms with E-state index in [-0.39, 0.29) is 16.2 Å². The minimum atomic E-state index is -1.10. The van der Waals surface area contributed by atoms with E-state index in [2.05, 4.69) is 0 Å². The summed E-state index contributed by atoms with van der Waals surface area (Å²) in [6.07, 6.45) is 0. The molecule has 0 saturated carbocycles. The average molecular weight is 278 g/mol. The topological polar surface area (TPSA) is 87.7 Å². The van der Waals surface area contributed by atoms with Crippen LogP contribution in [0.1, 0.15) is 16.1 Å². The minimum absolute atomic E-state index is 0.0284. The fourth-order valence-electron chi connectivity index (χ4n) is 1.52. The van der Waals surface area contributed by atoms with Crippen molar-refractivity contribution in [3.8, 4) is 5.75 Å². The predicted octanol–water partition coefficient (Wildman–Crippen LogP) is 2.50. The highest BCUT2D eigenvalue weighted by atomic mass is 32.2. The quantitative estimate of drug-likeness (QED) is 0.896. The highest BCUT2D eigenvalue weighted by molar-refractivity contribution is 7.99. The number of hydrogen-bond donors (Lipinski definition) is 2. The van der Waals surface area contributed by atoms with Gasteiger partial charge in [0.05, 0.1) is 5.56 Å². The van der Waals surface area contributed by atoms with Gasteiger partial charge in [-0.2, -0.15) is 0 Å². The summed E-state index contributed by atoms with van der Waals surface area (Å²) in [6, 6.07) is 7.55. The smallest absolute Gasteiger partial charge is 0.353 e. The summed E-state index contributed by atoms with van der Waals surface area (Å²) >= 11 is 0.867. The van der Waals surface area contributed by atoms with Crippen LogP contribution in [0.3, 0.4) is 0 Å². The molecule has 19 heavy (non-hydrogen) atoms. The molecule has 0 fully saturated rings. The van der Waals surface area contributed by atoms with E-state index in [0.29, 0.717) is 10.7 Å². The van der Waals surface area contributed by atoms with Crippen molar-refractivity contribution < 1.29 is 19.4 Å². The molecule has 2 aromatic rings. The van der Waals surface area contributed by atoms with Crippen LogP contribution in [0.4, 0.5) is 0 Å². The maximum Gasteiger partial charge on any atom is 0.353 e. The van der Waals surface area contributed by atoms with Gasteiger partial charge >= 0.3 is 11.6 Å². The van der Waals surface area contributed by atoms with Crippen LogP contribution in [0.5, 0.6) is 5.75 Å². The lowest BCUT2D eigenvalue weighted by Gasteiger charge is -2.06. The Hall–Kier alpha value is -2.21. The second-order valence-corrected chi connectivity index (χ2v) is 4.81. The molecule has 2 N–H and O–H groups in total. The first kappa shape index (κ1) is 13.2. The summed E-state index contributed by atoms with van der Waals surface area (Å²) in [6.45, 7) is 1.54. The summed E-state index contributed by atoms with van der Waals surface area (Å²) in [7, 11) is 0. The summed E-state index contributed by atoms with van der Waals surface area (Å²) in [5.74, 6) is -1.03. The Kier molecular flexibility index (Phi) is 3.62. The largest absolute Gasteiger partial charge is 0.506 e. The van der Waals surface area contributed by atoms with Crippen molar-refractivity contribution in [1.29, 1.82) is 0 Å². The van der Waals surface area contributed by atoms with Crippen LogP contribution < -0.4 is 5.63 Å². The van der Waals surface area contributed by atoms with E-state index < -0.39 is 11.6 Å². The van der Waals surface area contributed by atoms with Gasteiger partial charge in [0.1, 0.15) is 16.4 Å². The lowest BCUT2D eigenvalue weighted by molar-refractivity contribution is 0.0693. The highest BCUT2D eigenvalue weighted by Gasteiger charge is 2.16. The number of carboxylic acids is 1. The molecule has 0 saturated heterocycles. The van der Waals surface area contributed by atoms with E-state index in [0.717, 1.165) is 11.8 Å². The van der Waals surface area contributed by atoms with E-state index in [1.807, 2.05) is 0 Å². The van der Waals surface area contributed by atoms with Crippen LogP contribution in [-0.2, 0) is 0 Å². The Balaban J connectivity index is 2.48. The average Bonchev–Trinajstić information content (AvgIpc) is 2.34. The summed E-state index contributed by atoms with van der Waals surface area (Å²) in [4.78, 5) is 23.0.